The van der Waals surface area contributed by atoms with Crippen LogP contribution in [0.1, 0.15) is 41.4 Å². The van der Waals surface area contributed by atoms with E-state index in [0.29, 0.717) is 17.8 Å². The topological polar surface area (TPSA) is 6.48 Å². The van der Waals surface area contributed by atoms with Crippen LogP contribution in [0.5, 0.6) is 0 Å². The molecule has 2 fully saturated rings. The normalized spacial score (nSPS) is 23.1. The highest BCUT2D eigenvalue weighted by Crippen LogP contribution is 2.37. The molecule has 2 aliphatic heterocycles. The van der Waals surface area contributed by atoms with E-state index >= 15 is 0 Å². The summed E-state index contributed by atoms with van der Waals surface area (Å²) in [7, 11) is 0. The van der Waals surface area contributed by atoms with Crippen molar-refractivity contribution in [3.05, 3.63) is 92.9 Å². The molecule has 2 nitrogen and oxygen atoms in total. The molecule has 2 saturated heterocycles. The second-order valence-electron chi connectivity index (χ2n) is 9.34. The minimum atomic E-state index is -0.145. The molecule has 1 unspecified atom stereocenters. The van der Waals surface area contributed by atoms with Gasteiger partial charge in [-0.25, -0.2) is 4.39 Å². The smallest absolute Gasteiger partial charge is 0.123 e. The van der Waals surface area contributed by atoms with Crippen LogP contribution in [0.3, 0.4) is 0 Å². The van der Waals surface area contributed by atoms with Gasteiger partial charge >= 0.3 is 0 Å². The number of hydrogen-bond donors (Lipinski definition) is 0. The Labute approximate surface area is 199 Å². The summed E-state index contributed by atoms with van der Waals surface area (Å²) in [5.41, 5.74) is 4.00. The standard InChI is InChI=1S/C27H30ClFN2S/c28-27-4-2-1-3-22(27)15-31-17-24(26(18-31)23-11-14-32-19-23)16-30-12-9-21(10-13-30)20-5-7-25(29)8-6-20/h1-8,11,14,19,21,24,26H,9-10,12-13,15-18H2/t24?,26-/m1/s1. The molecule has 3 aromatic rings. The fourth-order valence-corrected chi connectivity index (χ4v) is 6.44. The van der Waals surface area contributed by atoms with E-state index in [-0.39, 0.29) is 5.82 Å². The van der Waals surface area contributed by atoms with Gasteiger partial charge in [-0.1, -0.05) is 41.9 Å². The molecule has 0 saturated carbocycles. The zero-order valence-corrected chi connectivity index (χ0v) is 19.9. The lowest BCUT2D eigenvalue weighted by Crippen LogP contribution is -2.38. The van der Waals surface area contributed by atoms with Crippen molar-refractivity contribution < 1.29 is 4.39 Å². The van der Waals surface area contributed by atoms with Crippen LogP contribution < -0.4 is 0 Å². The van der Waals surface area contributed by atoms with Crippen molar-refractivity contribution in [2.75, 3.05) is 32.7 Å². The molecule has 2 aromatic carbocycles. The van der Waals surface area contributed by atoms with Crippen molar-refractivity contribution in [3.63, 3.8) is 0 Å². The Morgan fingerprint density at radius 1 is 0.906 bits per heavy atom. The third-order valence-electron chi connectivity index (χ3n) is 7.26. The lowest BCUT2D eigenvalue weighted by molar-refractivity contribution is 0.177. The van der Waals surface area contributed by atoms with Crippen LogP contribution >= 0.6 is 22.9 Å². The molecule has 0 aliphatic carbocycles. The number of benzene rings is 2. The maximum absolute atomic E-state index is 13.3. The molecule has 0 radical (unpaired) electrons. The van der Waals surface area contributed by atoms with E-state index in [0.717, 1.165) is 57.1 Å². The van der Waals surface area contributed by atoms with Crippen molar-refractivity contribution >= 4 is 22.9 Å². The van der Waals surface area contributed by atoms with Crippen LogP contribution in [0.4, 0.5) is 4.39 Å². The molecule has 1 aromatic heterocycles. The predicted molar refractivity (Wildman–Crippen MR) is 132 cm³/mol. The SMILES string of the molecule is Fc1ccc(C2CCN(CC3CN(Cc4ccccc4Cl)C[C@@H]3c3ccsc3)CC2)cc1. The maximum atomic E-state index is 13.3. The molecule has 0 N–H and O–H groups in total. The van der Waals surface area contributed by atoms with E-state index in [1.54, 1.807) is 23.5 Å². The van der Waals surface area contributed by atoms with Crippen LogP contribution in [-0.4, -0.2) is 42.5 Å². The Hall–Kier alpha value is -1.72. The fourth-order valence-electron chi connectivity index (χ4n) is 5.52. The van der Waals surface area contributed by atoms with Gasteiger partial charge in [-0.3, -0.25) is 4.90 Å². The average molecular weight is 469 g/mol. The largest absolute Gasteiger partial charge is 0.303 e. The van der Waals surface area contributed by atoms with Gasteiger partial charge in [0.25, 0.3) is 0 Å². The van der Waals surface area contributed by atoms with Crippen LogP contribution in [0.25, 0.3) is 0 Å². The Bertz CT molecular complexity index is 999. The number of nitrogens with zero attached hydrogens (tertiary/aromatic N) is 2. The highest BCUT2D eigenvalue weighted by molar-refractivity contribution is 7.08. The van der Waals surface area contributed by atoms with Crippen molar-refractivity contribution in [3.8, 4) is 0 Å². The van der Waals surface area contributed by atoms with Crippen molar-refractivity contribution in [2.24, 2.45) is 5.92 Å². The summed E-state index contributed by atoms with van der Waals surface area (Å²) in [5, 5.41) is 5.40. The number of likely N-dealkylation sites (tertiary alicyclic amines) is 2. The third kappa shape index (κ3) is 5.09. The number of halogens is 2. The molecular weight excluding hydrogens is 439 g/mol. The molecule has 5 rings (SSSR count). The lowest BCUT2D eigenvalue weighted by atomic mass is 9.87. The van der Waals surface area contributed by atoms with Crippen LogP contribution in [-0.2, 0) is 6.54 Å². The van der Waals surface area contributed by atoms with Crippen LogP contribution in [0.15, 0.2) is 65.4 Å². The summed E-state index contributed by atoms with van der Waals surface area (Å²) in [4.78, 5) is 5.24. The molecule has 2 atom stereocenters. The highest BCUT2D eigenvalue weighted by Gasteiger charge is 2.36. The Balaban J connectivity index is 1.22. The van der Waals surface area contributed by atoms with E-state index < -0.39 is 0 Å². The molecule has 0 amide bonds. The molecule has 0 bridgehead atoms. The second-order valence-corrected chi connectivity index (χ2v) is 10.5. The average Bonchev–Trinajstić information content (AvgIpc) is 3.47. The Morgan fingerprint density at radius 2 is 1.69 bits per heavy atom. The van der Waals surface area contributed by atoms with E-state index in [1.807, 2.05) is 24.3 Å². The van der Waals surface area contributed by atoms with Crippen LogP contribution in [0, 0.1) is 11.7 Å². The van der Waals surface area contributed by atoms with Crippen molar-refractivity contribution in [1.82, 2.24) is 9.80 Å². The summed E-state index contributed by atoms with van der Waals surface area (Å²) in [5.74, 6) is 1.63. The maximum Gasteiger partial charge on any atom is 0.123 e. The Morgan fingerprint density at radius 3 is 2.41 bits per heavy atom. The van der Waals surface area contributed by atoms with Gasteiger partial charge in [0.2, 0.25) is 0 Å². The van der Waals surface area contributed by atoms with E-state index in [1.165, 1.54) is 16.7 Å². The first-order valence-corrected chi connectivity index (χ1v) is 12.9. The minimum absolute atomic E-state index is 0.145. The second kappa shape index (κ2) is 10.0. The number of rotatable bonds is 6. The zero-order valence-electron chi connectivity index (χ0n) is 18.3. The van der Waals surface area contributed by atoms with E-state index in [4.69, 9.17) is 11.6 Å². The molecule has 0 spiro atoms. The Kier molecular flexibility index (Phi) is 6.94. The molecular formula is C27H30ClFN2S. The van der Waals surface area contributed by atoms with Crippen molar-refractivity contribution in [1.29, 1.82) is 0 Å². The monoisotopic (exact) mass is 468 g/mol. The first kappa shape index (κ1) is 22.1. The summed E-state index contributed by atoms with van der Waals surface area (Å²) < 4.78 is 13.3. The molecule has 3 heterocycles. The van der Waals surface area contributed by atoms with Gasteiger partial charge in [0.15, 0.2) is 0 Å². The van der Waals surface area contributed by atoms with Crippen molar-refractivity contribution in [2.45, 2.75) is 31.2 Å². The number of piperidine rings is 1. The van der Waals surface area contributed by atoms with Crippen LogP contribution in [0.2, 0.25) is 5.02 Å². The molecule has 168 valence electrons. The van der Waals surface area contributed by atoms with Gasteiger partial charge in [0.05, 0.1) is 0 Å². The lowest BCUT2D eigenvalue weighted by Gasteiger charge is -2.34. The summed E-state index contributed by atoms with van der Waals surface area (Å²) in [6, 6.07) is 17.7. The number of hydrogen-bond acceptors (Lipinski definition) is 3. The first-order valence-electron chi connectivity index (χ1n) is 11.6. The predicted octanol–water partition coefficient (Wildman–Crippen LogP) is 6.64. The molecule has 5 heteroatoms. The summed E-state index contributed by atoms with van der Waals surface area (Å²) >= 11 is 8.25. The third-order valence-corrected chi connectivity index (χ3v) is 8.33. The van der Waals surface area contributed by atoms with E-state index in [2.05, 4.69) is 38.8 Å². The van der Waals surface area contributed by atoms with Gasteiger partial charge in [0, 0.05) is 37.1 Å². The van der Waals surface area contributed by atoms with E-state index in [9.17, 15) is 4.39 Å². The van der Waals surface area contributed by atoms with Gasteiger partial charge in [-0.2, -0.15) is 11.3 Å². The first-order chi connectivity index (χ1) is 15.7. The molecule has 2 aliphatic rings. The molecule has 32 heavy (non-hydrogen) atoms. The van der Waals surface area contributed by atoms with Gasteiger partial charge in [-0.05, 0) is 89.5 Å². The minimum Gasteiger partial charge on any atom is -0.303 e. The van der Waals surface area contributed by atoms with Gasteiger partial charge < -0.3 is 4.90 Å². The zero-order chi connectivity index (χ0) is 21.9. The fraction of sp³-hybridized carbons (Fsp3) is 0.407. The quantitative estimate of drug-likeness (QED) is 0.400. The van der Waals surface area contributed by atoms with Gasteiger partial charge in [-0.15, -0.1) is 0 Å². The summed E-state index contributed by atoms with van der Waals surface area (Å²) in [6.45, 7) is 6.53. The summed E-state index contributed by atoms with van der Waals surface area (Å²) in [6.07, 6.45) is 2.32. The number of thiophene rings is 1. The van der Waals surface area contributed by atoms with Gasteiger partial charge in [0.1, 0.15) is 5.82 Å². The highest BCUT2D eigenvalue weighted by atomic mass is 35.5.